The largest absolute Gasteiger partial charge is 0.395 e. The SMILES string of the molecule is CC(CN)(CN1CCCCC1CO)c1ccccc1. The Hall–Kier alpha value is -0.900. The van der Waals surface area contributed by atoms with Gasteiger partial charge in [-0.15, -0.1) is 0 Å². The first-order valence-corrected chi connectivity index (χ1v) is 7.30. The molecule has 0 bridgehead atoms. The lowest BCUT2D eigenvalue weighted by Crippen LogP contribution is -2.50. The van der Waals surface area contributed by atoms with Crippen molar-refractivity contribution >= 4 is 0 Å². The van der Waals surface area contributed by atoms with Crippen molar-refractivity contribution in [3.05, 3.63) is 35.9 Å². The lowest BCUT2D eigenvalue weighted by atomic mass is 9.81. The predicted octanol–water partition coefficient (Wildman–Crippen LogP) is 1.75. The summed E-state index contributed by atoms with van der Waals surface area (Å²) in [5.41, 5.74) is 7.31. The first-order valence-electron chi connectivity index (χ1n) is 7.30. The van der Waals surface area contributed by atoms with Gasteiger partial charge >= 0.3 is 0 Å². The minimum Gasteiger partial charge on any atom is -0.395 e. The molecule has 0 amide bonds. The Labute approximate surface area is 116 Å². The van der Waals surface area contributed by atoms with Gasteiger partial charge in [0, 0.05) is 24.5 Å². The number of benzene rings is 1. The number of hydrogen-bond acceptors (Lipinski definition) is 3. The Balaban J connectivity index is 2.13. The van der Waals surface area contributed by atoms with Crippen molar-refractivity contribution in [3.63, 3.8) is 0 Å². The van der Waals surface area contributed by atoms with E-state index < -0.39 is 0 Å². The van der Waals surface area contributed by atoms with Crippen molar-refractivity contribution in [2.45, 2.75) is 37.6 Å². The third kappa shape index (κ3) is 3.35. The average molecular weight is 262 g/mol. The highest BCUT2D eigenvalue weighted by molar-refractivity contribution is 5.25. The fourth-order valence-corrected chi connectivity index (χ4v) is 3.04. The van der Waals surface area contributed by atoms with Crippen LogP contribution in [0.2, 0.25) is 0 Å². The minimum atomic E-state index is -0.0357. The van der Waals surface area contributed by atoms with Crippen LogP contribution in [0.1, 0.15) is 31.7 Å². The Morgan fingerprint density at radius 2 is 2.05 bits per heavy atom. The van der Waals surface area contributed by atoms with Gasteiger partial charge in [-0.2, -0.15) is 0 Å². The van der Waals surface area contributed by atoms with Crippen LogP contribution in [0.5, 0.6) is 0 Å². The van der Waals surface area contributed by atoms with E-state index in [1.165, 1.54) is 18.4 Å². The minimum absolute atomic E-state index is 0.0357. The molecule has 2 rings (SSSR count). The van der Waals surface area contributed by atoms with E-state index in [0.717, 1.165) is 19.5 Å². The van der Waals surface area contributed by atoms with Gasteiger partial charge in [0.25, 0.3) is 0 Å². The maximum absolute atomic E-state index is 9.53. The van der Waals surface area contributed by atoms with E-state index in [1.54, 1.807) is 0 Å². The lowest BCUT2D eigenvalue weighted by molar-refractivity contribution is 0.0721. The van der Waals surface area contributed by atoms with E-state index in [4.69, 9.17) is 5.73 Å². The average Bonchev–Trinajstić information content (AvgIpc) is 2.48. The van der Waals surface area contributed by atoms with Crippen LogP contribution in [0, 0.1) is 0 Å². The highest BCUT2D eigenvalue weighted by Gasteiger charge is 2.31. The zero-order valence-corrected chi connectivity index (χ0v) is 11.9. The molecule has 0 spiro atoms. The summed E-state index contributed by atoms with van der Waals surface area (Å²) in [7, 11) is 0. The number of nitrogens with two attached hydrogens (primary N) is 1. The fourth-order valence-electron chi connectivity index (χ4n) is 3.04. The van der Waals surface area contributed by atoms with Gasteiger partial charge < -0.3 is 10.8 Å². The van der Waals surface area contributed by atoms with Gasteiger partial charge in [-0.3, -0.25) is 4.90 Å². The van der Waals surface area contributed by atoms with Crippen LogP contribution in [-0.2, 0) is 5.41 Å². The first kappa shape index (κ1) is 14.5. The molecular weight excluding hydrogens is 236 g/mol. The van der Waals surface area contributed by atoms with Gasteiger partial charge in [0.15, 0.2) is 0 Å². The molecule has 0 radical (unpaired) electrons. The third-order valence-electron chi connectivity index (χ3n) is 4.43. The number of aliphatic hydroxyl groups excluding tert-OH is 1. The molecule has 2 unspecified atom stereocenters. The quantitative estimate of drug-likeness (QED) is 0.850. The van der Waals surface area contributed by atoms with E-state index in [2.05, 4.69) is 36.1 Å². The standard InChI is InChI=1S/C16H26N2O/c1-16(12-17,14-7-3-2-4-8-14)13-18-10-6-5-9-15(18)11-19/h2-4,7-8,15,19H,5-6,9-13,17H2,1H3. The zero-order valence-electron chi connectivity index (χ0n) is 11.9. The molecule has 1 aliphatic rings. The van der Waals surface area contributed by atoms with Crippen LogP contribution in [0.25, 0.3) is 0 Å². The second kappa shape index (κ2) is 6.51. The summed E-state index contributed by atoms with van der Waals surface area (Å²) in [5, 5.41) is 9.53. The van der Waals surface area contributed by atoms with Crippen molar-refractivity contribution in [2.24, 2.45) is 5.73 Å². The molecule has 19 heavy (non-hydrogen) atoms. The molecule has 1 saturated heterocycles. The Kier molecular flexibility index (Phi) is 4.97. The normalized spacial score (nSPS) is 24.1. The van der Waals surface area contributed by atoms with Crippen LogP contribution >= 0.6 is 0 Å². The zero-order chi connectivity index (χ0) is 13.7. The molecule has 3 heteroatoms. The molecule has 1 aliphatic heterocycles. The molecule has 1 fully saturated rings. The number of likely N-dealkylation sites (tertiary alicyclic amines) is 1. The van der Waals surface area contributed by atoms with Crippen molar-refractivity contribution in [3.8, 4) is 0 Å². The number of piperidine rings is 1. The van der Waals surface area contributed by atoms with Gasteiger partial charge in [-0.1, -0.05) is 43.7 Å². The van der Waals surface area contributed by atoms with Crippen molar-refractivity contribution in [2.75, 3.05) is 26.2 Å². The highest BCUT2D eigenvalue weighted by atomic mass is 16.3. The van der Waals surface area contributed by atoms with Gasteiger partial charge in [-0.25, -0.2) is 0 Å². The molecule has 1 heterocycles. The smallest absolute Gasteiger partial charge is 0.0586 e. The summed E-state index contributed by atoms with van der Waals surface area (Å²) >= 11 is 0. The molecule has 106 valence electrons. The van der Waals surface area contributed by atoms with E-state index in [-0.39, 0.29) is 12.0 Å². The van der Waals surface area contributed by atoms with Crippen LogP contribution in [0.15, 0.2) is 30.3 Å². The summed E-state index contributed by atoms with van der Waals surface area (Å²) in [4.78, 5) is 2.42. The Bertz CT molecular complexity index is 382. The topological polar surface area (TPSA) is 49.5 Å². The molecule has 0 aliphatic carbocycles. The van der Waals surface area contributed by atoms with E-state index in [1.807, 2.05) is 6.07 Å². The van der Waals surface area contributed by atoms with Gasteiger partial charge in [-0.05, 0) is 24.9 Å². The maximum atomic E-state index is 9.53. The van der Waals surface area contributed by atoms with E-state index in [0.29, 0.717) is 12.6 Å². The van der Waals surface area contributed by atoms with Gasteiger partial charge in [0.1, 0.15) is 0 Å². The summed E-state index contributed by atoms with van der Waals surface area (Å²) in [6.45, 7) is 5.12. The molecule has 2 atom stereocenters. The number of nitrogens with zero attached hydrogens (tertiary/aromatic N) is 1. The van der Waals surface area contributed by atoms with Crippen LogP contribution in [0.3, 0.4) is 0 Å². The monoisotopic (exact) mass is 262 g/mol. The van der Waals surface area contributed by atoms with Crippen LogP contribution < -0.4 is 5.73 Å². The second-order valence-corrected chi connectivity index (χ2v) is 5.93. The summed E-state index contributed by atoms with van der Waals surface area (Å²) in [6.07, 6.45) is 3.56. The van der Waals surface area contributed by atoms with Gasteiger partial charge in [0.2, 0.25) is 0 Å². The number of hydrogen-bond donors (Lipinski definition) is 2. The molecule has 1 aromatic rings. The van der Waals surface area contributed by atoms with Crippen molar-refractivity contribution in [1.29, 1.82) is 0 Å². The van der Waals surface area contributed by atoms with Crippen LogP contribution in [0.4, 0.5) is 0 Å². The van der Waals surface area contributed by atoms with E-state index in [9.17, 15) is 5.11 Å². The maximum Gasteiger partial charge on any atom is 0.0586 e. The van der Waals surface area contributed by atoms with Gasteiger partial charge in [0.05, 0.1) is 6.61 Å². The lowest BCUT2D eigenvalue weighted by Gasteiger charge is -2.41. The summed E-state index contributed by atoms with van der Waals surface area (Å²) < 4.78 is 0. The Morgan fingerprint density at radius 3 is 2.68 bits per heavy atom. The van der Waals surface area contributed by atoms with Crippen molar-refractivity contribution in [1.82, 2.24) is 4.90 Å². The summed E-state index contributed by atoms with van der Waals surface area (Å²) in [5.74, 6) is 0. The number of rotatable bonds is 5. The Morgan fingerprint density at radius 1 is 1.32 bits per heavy atom. The van der Waals surface area contributed by atoms with Crippen LogP contribution in [-0.4, -0.2) is 42.3 Å². The summed E-state index contributed by atoms with van der Waals surface area (Å²) in [6, 6.07) is 10.8. The van der Waals surface area contributed by atoms with E-state index >= 15 is 0 Å². The van der Waals surface area contributed by atoms with Crippen molar-refractivity contribution < 1.29 is 5.11 Å². The predicted molar refractivity (Wildman–Crippen MR) is 79.1 cm³/mol. The second-order valence-electron chi connectivity index (χ2n) is 5.93. The fraction of sp³-hybridized carbons (Fsp3) is 0.625. The number of aliphatic hydroxyl groups is 1. The molecule has 0 saturated carbocycles. The molecular formula is C16H26N2O. The molecule has 0 aromatic heterocycles. The molecule has 3 N–H and O–H groups in total. The first-order chi connectivity index (χ1) is 9.19. The third-order valence-corrected chi connectivity index (χ3v) is 4.43. The molecule has 3 nitrogen and oxygen atoms in total. The highest BCUT2D eigenvalue weighted by Crippen LogP contribution is 2.27. The molecule has 1 aromatic carbocycles.